The summed E-state index contributed by atoms with van der Waals surface area (Å²) in [7, 11) is 1.55. The minimum absolute atomic E-state index is 0.00851. The molecule has 0 aromatic rings. The minimum atomic E-state index is -1.45. The number of aliphatic hydroxyl groups is 1. The first kappa shape index (κ1) is 47.4. The Morgan fingerprint density at radius 2 is 1.57 bits per heavy atom. The van der Waals surface area contributed by atoms with Gasteiger partial charge >= 0.3 is 0 Å². The molecular formula is C49H64N4O16. The van der Waals surface area contributed by atoms with Crippen molar-refractivity contribution in [1.29, 1.82) is 0 Å². The van der Waals surface area contributed by atoms with Gasteiger partial charge in [0.1, 0.15) is 48.9 Å². The first-order valence-electron chi connectivity index (χ1n) is 24.9. The maximum Gasteiger partial charge on any atom is 0.254 e. The predicted molar refractivity (Wildman–Crippen MR) is 235 cm³/mol. The monoisotopic (exact) mass is 964 g/mol. The van der Waals surface area contributed by atoms with E-state index in [1.165, 1.54) is 0 Å². The number of methoxy groups -OCH3 is 1. The maximum absolute atomic E-state index is 14.3. The van der Waals surface area contributed by atoms with Crippen LogP contribution in [0.15, 0.2) is 36.5 Å². The quantitative estimate of drug-likeness (QED) is 0.158. The van der Waals surface area contributed by atoms with Gasteiger partial charge in [-0.1, -0.05) is 13.2 Å². The second-order valence-electron chi connectivity index (χ2n) is 21.2. The number of nitrogens with zero attached hydrogens (tertiary/aromatic N) is 1. The number of nitrogens with two attached hydrogens (primary N) is 1. The summed E-state index contributed by atoms with van der Waals surface area (Å²) < 4.78 is 61.9. The van der Waals surface area contributed by atoms with Crippen LogP contribution in [0.5, 0.6) is 0 Å². The molecule has 11 saturated heterocycles. The average Bonchev–Trinajstić information content (AvgIpc) is 4.06. The molecule has 12 heterocycles. The molecule has 20 heteroatoms. The molecule has 0 aromatic carbocycles. The van der Waals surface area contributed by atoms with Crippen molar-refractivity contribution in [1.82, 2.24) is 15.5 Å². The lowest BCUT2D eigenvalue weighted by molar-refractivity contribution is -0.312. The lowest BCUT2D eigenvalue weighted by Crippen LogP contribution is -2.62. The van der Waals surface area contributed by atoms with Crippen LogP contribution in [0.3, 0.4) is 0 Å². The van der Waals surface area contributed by atoms with Crippen LogP contribution in [0.25, 0.3) is 0 Å². The fourth-order valence-corrected chi connectivity index (χ4v) is 13.8. The van der Waals surface area contributed by atoms with Crippen LogP contribution in [0.2, 0.25) is 0 Å². The van der Waals surface area contributed by atoms with Crippen molar-refractivity contribution in [3.05, 3.63) is 36.5 Å². The van der Waals surface area contributed by atoms with Gasteiger partial charge in [0, 0.05) is 69.7 Å². The molecule has 69 heavy (non-hydrogen) atoms. The van der Waals surface area contributed by atoms with Crippen molar-refractivity contribution < 1.29 is 76.5 Å². The number of ether oxygens (including phenoxy) is 9. The number of amides is 5. The second-order valence-corrected chi connectivity index (χ2v) is 21.2. The summed E-state index contributed by atoms with van der Waals surface area (Å²) in [5.74, 6) is -5.76. The summed E-state index contributed by atoms with van der Waals surface area (Å²) in [4.78, 5) is 77.1. The highest BCUT2D eigenvalue weighted by molar-refractivity contribution is 6.14. The Labute approximate surface area is 399 Å². The number of fused-ring (bicyclic) bond motifs is 6. The first-order valence-corrected chi connectivity index (χ1v) is 24.9. The van der Waals surface area contributed by atoms with Gasteiger partial charge in [-0.2, -0.15) is 0 Å². The van der Waals surface area contributed by atoms with Gasteiger partial charge in [0.05, 0.1) is 73.6 Å². The van der Waals surface area contributed by atoms with E-state index in [1.54, 1.807) is 7.11 Å². The van der Waals surface area contributed by atoms with Crippen molar-refractivity contribution >= 4 is 35.3 Å². The average molecular weight is 965 g/mol. The van der Waals surface area contributed by atoms with E-state index >= 15 is 0 Å². The zero-order valence-electron chi connectivity index (χ0n) is 38.8. The van der Waals surface area contributed by atoms with Gasteiger partial charge in [-0.15, -0.1) is 0 Å². The highest BCUT2D eigenvalue weighted by Crippen LogP contribution is 2.59. The zero-order chi connectivity index (χ0) is 48.0. The molecule has 0 aliphatic carbocycles. The third kappa shape index (κ3) is 8.83. The van der Waals surface area contributed by atoms with E-state index in [0.29, 0.717) is 43.4 Å². The van der Waals surface area contributed by atoms with E-state index in [4.69, 9.17) is 54.9 Å². The third-order valence-corrected chi connectivity index (χ3v) is 16.9. The Kier molecular flexibility index (Phi) is 12.8. The van der Waals surface area contributed by atoms with Crippen LogP contribution in [0.1, 0.15) is 83.5 Å². The van der Waals surface area contributed by atoms with Crippen LogP contribution in [0, 0.1) is 17.8 Å². The maximum atomic E-state index is 14.3. The van der Waals surface area contributed by atoms with Gasteiger partial charge in [-0.3, -0.25) is 33.7 Å². The van der Waals surface area contributed by atoms with Gasteiger partial charge in [-0.05, 0) is 62.0 Å². The molecule has 11 fully saturated rings. The fourth-order valence-electron chi connectivity index (χ4n) is 13.8. The molecule has 5 N–H and O–H groups in total. The largest absolute Gasteiger partial charge is 0.391 e. The number of hydrogen-bond acceptors (Lipinski definition) is 16. The van der Waals surface area contributed by atoms with E-state index in [9.17, 15) is 33.9 Å². The van der Waals surface area contributed by atoms with E-state index in [0.717, 1.165) is 42.6 Å². The zero-order valence-corrected chi connectivity index (χ0v) is 38.8. The highest BCUT2D eigenvalue weighted by Gasteiger charge is 2.71. The number of nitrogens with one attached hydrogen (secondary N) is 2. The molecule has 5 unspecified atom stereocenters. The predicted octanol–water partition coefficient (Wildman–Crippen LogP) is 0.101. The SMILES string of the molecule is C=C1C[C@@H]2CC3[C@@H]4C[C@H](CC[C@@H]1O2)O[C@H](C[C@@H]1O[C@H](C[C@H](O)CNC(=O)[C@H](CC(N)=O)NC(=O)CN2C(=O)C=CC2=O)[C@H](OC)[C@H]1CC(=O)CC1CCC2O[C@@H]5C6O[C@@H]7C[C@]3(O[C@H]6C2O1)O[C@H]57)C4=C. The van der Waals surface area contributed by atoms with E-state index < -0.39 is 103 Å². The standard InChI is InChI=1S/C49H64N4O16/c1-21-10-27-15-30-28-14-26(4-6-32(21)63-27)62-34(22(28)2)17-35-29(12-23(54)11-25-5-7-33-43(64-25)47-46-45(66-33)44-37(67-46)18-49(30,68-44)69-47)42(61-3)36(65-35)13-24(55)19-51-48(60)31(16-38(50)56)52-39(57)20-53-40(58)8-9-41(53)59/h8-9,24-37,42-47,55H,1-2,4-7,10-20H2,3H3,(H2,50,56)(H,51,60)(H,52,57)/t24-,25?,26-,27+,28+,29-,30?,31-,32-,33?,34+,35-,36+,37+,42+,43?,44-,45-,46?,47-,49+/m0/s1. The molecule has 1 spiro atoms. The number of carbonyl (C=O) groups excluding carboxylic acids is 6. The molecule has 12 aliphatic heterocycles. The van der Waals surface area contributed by atoms with Crippen molar-refractivity contribution in [3.63, 3.8) is 0 Å². The Bertz CT molecular complexity index is 2150. The van der Waals surface area contributed by atoms with Gasteiger partial charge in [0.15, 0.2) is 5.79 Å². The molecule has 0 radical (unpaired) electrons. The van der Waals surface area contributed by atoms with Crippen LogP contribution in [-0.4, -0.2) is 175 Å². The summed E-state index contributed by atoms with van der Waals surface area (Å²) >= 11 is 0. The van der Waals surface area contributed by atoms with Gasteiger partial charge < -0.3 is 64.1 Å². The Hall–Kier alpha value is -3.96. The Morgan fingerprint density at radius 1 is 0.826 bits per heavy atom. The van der Waals surface area contributed by atoms with Gasteiger partial charge in [-0.25, -0.2) is 0 Å². The molecule has 12 rings (SSSR count). The van der Waals surface area contributed by atoms with Crippen LogP contribution in [0.4, 0.5) is 0 Å². The van der Waals surface area contributed by atoms with Crippen LogP contribution >= 0.6 is 0 Å². The van der Waals surface area contributed by atoms with Crippen LogP contribution in [-0.2, 0) is 71.4 Å². The number of primary amides is 1. The summed E-state index contributed by atoms with van der Waals surface area (Å²) in [6, 6.07) is -1.45. The number of carbonyl (C=O) groups is 6. The lowest BCUT2D eigenvalue weighted by Gasteiger charge is -2.50. The molecular weight excluding hydrogens is 901 g/mol. The van der Waals surface area contributed by atoms with E-state index in [-0.39, 0.29) is 98.4 Å². The molecule has 5 amide bonds. The Balaban J connectivity index is 0.846. The molecule has 0 aromatic heterocycles. The third-order valence-electron chi connectivity index (χ3n) is 16.9. The number of hydrogen-bond donors (Lipinski definition) is 4. The number of imide groups is 1. The summed E-state index contributed by atoms with van der Waals surface area (Å²) in [5, 5.41) is 16.4. The van der Waals surface area contributed by atoms with Gasteiger partial charge in [0.2, 0.25) is 17.7 Å². The number of aliphatic hydroxyl groups excluding tert-OH is 1. The molecule has 13 bridgehead atoms. The molecule has 376 valence electrons. The van der Waals surface area contributed by atoms with Crippen LogP contribution < -0.4 is 16.4 Å². The van der Waals surface area contributed by atoms with Crippen molar-refractivity contribution in [2.75, 3.05) is 20.2 Å². The smallest absolute Gasteiger partial charge is 0.254 e. The molecule has 20 nitrogen and oxygen atoms in total. The summed E-state index contributed by atoms with van der Waals surface area (Å²) in [5.41, 5.74) is 7.37. The first-order chi connectivity index (χ1) is 33.1. The topological polar surface area (TPSA) is 259 Å². The number of rotatable bonds is 11. The van der Waals surface area contributed by atoms with E-state index in [1.807, 2.05) is 0 Å². The molecule has 21 atom stereocenters. The van der Waals surface area contributed by atoms with Crippen molar-refractivity contribution in [3.8, 4) is 0 Å². The fraction of sp³-hybridized carbons (Fsp3) is 0.755. The van der Waals surface area contributed by atoms with E-state index in [2.05, 4.69) is 17.2 Å². The normalized spacial score (nSPS) is 45.0. The highest BCUT2D eigenvalue weighted by atomic mass is 16.8. The minimum Gasteiger partial charge on any atom is -0.391 e. The summed E-state index contributed by atoms with van der Waals surface area (Å²) in [6.07, 6.45) is 0.888. The second kappa shape index (κ2) is 18.6. The van der Waals surface area contributed by atoms with Crippen molar-refractivity contribution in [2.24, 2.45) is 23.5 Å². The Morgan fingerprint density at radius 3 is 2.35 bits per heavy atom. The molecule has 0 saturated carbocycles. The van der Waals surface area contributed by atoms with Crippen molar-refractivity contribution in [2.45, 2.75) is 193 Å². The van der Waals surface area contributed by atoms with Gasteiger partial charge in [0.25, 0.3) is 11.8 Å². The molecule has 12 aliphatic rings. The summed E-state index contributed by atoms with van der Waals surface area (Å²) in [6.45, 7) is 8.25. The lowest BCUT2D eigenvalue weighted by atomic mass is 9.69. The number of Topliss-reactive ketones (excluding diaryl/α,β-unsaturated/α-hetero) is 1. The number of ketones is 1.